The van der Waals surface area contributed by atoms with Crippen LogP contribution in [0.5, 0.6) is 0 Å². The average Bonchev–Trinajstić information content (AvgIpc) is 3.16. The lowest BCUT2D eigenvalue weighted by Crippen LogP contribution is -2.74. The molecule has 25 heavy (non-hydrogen) atoms. The van der Waals surface area contributed by atoms with E-state index in [1.165, 1.54) is 12.8 Å². The maximum Gasteiger partial charge on any atom is 0.145 e. The minimum Gasteiger partial charge on any atom is -0.299 e. The molecule has 6 rings (SSSR count). The van der Waals surface area contributed by atoms with E-state index in [0.717, 1.165) is 31.5 Å². The molecule has 0 spiro atoms. The maximum absolute atomic E-state index is 13.4. The van der Waals surface area contributed by atoms with Crippen molar-refractivity contribution in [3.63, 3.8) is 0 Å². The van der Waals surface area contributed by atoms with Crippen LogP contribution in [0.3, 0.4) is 0 Å². The number of Topliss-reactive ketones (excluding diaryl/α,β-unsaturated/α-hetero) is 2. The number of carbonyl (C=O) groups is 2. The zero-order valence-corrected chi connectivity index (χ0v) is 15.0. The molecular formula is C22H27NO2. The van der Waals surface area contributed by atoms with E-state index in [1.54, 1.807) is 0 Å². The number of carbonyl (C=O) groups excluding carboxylic acids is 2. The molecule has 0 N–H and O–H groups in total. The number of hydrogen-bond acceptors (Lipinski definition) is 3. The van der Waals surface area contributed by atoms with Crippen molar-refractivity contribution in [2.45, 2.75) is 56.4 Å². The molecule has 1 aromatic carbocycles. The predicted molar refractivity (Wildman–Crippen MR) is 96.3 cm³/mol. The van der Waals surface area contributed by atoms with Gasteiger partial charge in [0.25, 0.3) is 0 Å². The second-order valence-electron chi connectivity index (χ2n) is 8.95. The van der Waals surface area contributed by atoms with Crippen molar-refractivity contribution >= 4 is 11.6 Å². The molecule has 3 heteroatoms. The Labute approximate surface area is 149 Å². The number of fused-ring (bicyclic) bond motifs is 1. The van der Waals surface area contributed by atoms with Gasteiger partial charge in [-0.05, 0) is 56.2 Å². The summed E-state index contributed by atoms with van der Waals surface area (Å²) in [6.45, 7) is 4.39. The Morgan fingerprint density at radius 3 is 2.48 bits per heavy atom. The number of nitrogens with zero attached hydrogens (tertiary/aromatic N) is 1. The van der Waals surface area contributed by atoms with Gasteiger partial charge in [0.05, 0.1) is 5.41 Å². The van der Waals surface area contributed by atoms with Crippen LogP contribution in [0.15, 0.2) is 30.3 Å². The topological polar surface area (TPSA) is 37.4 Å². The van der Waals surface area contributed by atoms with Crippen molar-refractivity contribution in [2.24, 2.45) is 17.8 Å². The Kier molecular flexibility index (Phi) is 3.31. The van der Waals surface area contributed by atoms with Crippen LogP contribution < -0.4 is 0 Å². The third-order valence-electron chi connectivity index (χ3n) is 7.96. The summed E-state index contributed by atoms with van der Waals surface area (Å²) in [4.78, 5) is 29.1. The van der Waals surface area contributed by atoms with Gasteiger partial charge < -0.3 is 0 Å². The number of likely N-dealkylation sites (tertiary alicyclic amines) is 1. The van der Waals surface area contributed by atoms with E-state index in [1.807, 2.05) is 18.2 Å². The second kappa shape index (κ2) is 5.26. The quantitative estimate of drug-likeness (QED) is 0.830. The molecule has 3 nitrogen and oxygen atoms in total. The molecule has 0 radical (unpaired) electrons. The summed E-state index contributed by atoms with van der Waals surface area (Å²) in [6.07, 6.45) is 5.41. The summed E-state index contributed by atoms with van der Waals surface area (Å²) in [5.74, 6) is 1.72. The van der Waals surface area contributed by atoms with Crippen molar-refractivity contribution in [3.8, 4) is 0 Å². The summed E-state index contributed by atoms with van der Waals surface area (Å²) in [5, 5.41) is 0. The van der Waals surface area contributed by atoms with E-state index in [9.17, 15) is 9.59 Å². The van der Waals surface area contributed by atoms with E-state index in [2.05, 4.69) is 24.0 Å². The van der Waals surface area contributed by atoms with Gasteiger partial charge in [0.2, 0.25) is 0 Å². The van der Waals surface area contributed by atoms with Crippen LogP contribution in [-0.4, -0.2) is 35.1 Å². The van der Waals surface area contributed by atoms with E-state index in [-0.39, 0.29) is 11.5 Å². The number of ketones is 2. The number of benzene rings is 1. The highest BCUT2D eigenvalue weighted by Gasteiger charge is 2.70. The highest BCUT2D eigenvalue weighted by Crippen LogP contribution is 2.64. The normalized spacial score (nSPS) is 43.6. The molecule has 1 aromatic rings. The summed E-state index contributed by atoms with van der Waals surface area (Å²) in [6, 6.07) is 10.3. The van der Waals surface area contributed by atoms with Crippen LogP contribution in [-0.2, 0) is 15.0 Å². The summed E-state index contributed by atoms with van der Waals surface area (Å²) in [5.41, 5.74) is 0.563. The highest BCUT2D eigenvalue weighted by atomic mass is 16.1. The molecule has 5 fully saturated rings. The van der Waals surface area contributed by atoms with Crippen LogP contribution >= 0.6 is 0 Å². The van der Waals surface area contributed by atoms with Crippen LogP contribution in [0.25, 0.3) is 0 Å². The molecule has 5 atom stereocenters. The van der Waals surface area contributed by atoms with Crippen LogP contribution in [0.1, 0.15) is 51.0 Å². The number of hydrogen-bond donors (Lipinski definition) is 0. The first-order chi connectivity index (χ1) is 12.1. The molecule has 1 heterocycles. The van der Waals surface area contributed by atoms with Gasteiger partial charge in [0.15, 0.2) is 0 Å². The SMILES string of the molecule is C[C@@H]1CC(=O)[C@H]2C[C@@]3(c4ccccc4)C[C@@H]1[C@]2(N1CCCC1)CC3=O. The third kappa shape index (κ3) is 1.91. The molecule has 132 valence electrons. The maximum atomic E-state index is 13.4. The van der Waals surface area contributed by atoms with Crippen LogP contribution in [0.2, 0.25) is 0 Å². The monoisotopic (exact) mass is 337 g/mol. The highest BCUT2D eigenvalue weighted by molar-refractivity contribution is 5.97. The lowest BCUT2D eigenvalue weighted by atomic mass is 9.41. The van der Waals surface area contributed by atoms with Crippen molar-refractivity contribution < 1.29 is 9.59 Å². The fourth-order valence-corrected chi connectivity index (χ4v) is 6.87. The van der Waals surface area contributed by atoms with Crippen molar-refractivity contribution in [2.75, 3.05) is 13.1 Å². The minimum absolute atomic E-state index is 0.0541. The second-order valence-corrected chi connectivity index (χ2v) is 8.95. The Balaban J connectivity index is 1.66. The average molecular weight is 337 g/mol. The van der Waals surface area contributed by atoms with Crippen molar-refractivity contribution in [3.05, 3.63) is 35.9 Å². The minimum atomic E-state index is -0.414. The van der Waals surface area contributed by atoms with Gasteiger partial charge in [-0.15, -0.1) is 0 Å². The molecule has 1 aliphatic heterocycles. The molecule has 0 amide bonds. The molecule has 5 aliphatic rings. The predicted octanol–water partition coefficient (Wildman–Crippen LogP) is 3.37. The Bertz CT molecular complexity index is 723. The molecule has 1 saturated heterocycles. The molecule has 0 aromatic heterocycles. The molecule has 4 aliphatic carbocycles. The summed E-state index contributed by atoms with van der Waals surface area (Å²) < 4.78 is 0. The Hall–Kier alpha value is -1.48. The Morgan fingerprint density at radius 2 is 1.76 bits per heavy atom. The van der Waals surface area contributed by atoms with Gasteiger partial charge in [0, 0.05) is 24.3 Å². The van der Waals surface area contributed by atoms with Gasteiger partial charge >= 0.3 is 0 Å². The third-order valence-corrected chi connectivity index (χ3v) is 7.96. The summed E-state index contributed by atoms with van der Waals surface area (Å²) in [7, 11) is 0. The first kappa shape index (κ1) is 15.7. The Morgan fingerprint density at radius 1 is 1.04 bits per heavy atom. The van der Waals surface area contributed by atoms with E-state index in [0.29, 0.717) is 36.2 Å². The largest absolute Gasteiger partial charge is 0.299 e. The molecule has 4 saturated carbocycles. The smallest absolute Gasteiger partial charge is 0.145 e. The van der Waals surface area contributed by atoms with Gasteiger partial charge in [-0.2, -0.15) is 0 Å². The zero-order valence-electron chi connectivity index (χ0n) is 15.0. The lowest BCUT2D eigenvalue weighted by Gasteiger charge is -2.66. The molecule has 4 bridgehead atoms. The van der Waals surface area contributed by atoms with Crippen molar-refractivity contribution in [1.82, 2.24) is 4.90 Å². The first-order valence-corrected chi connectivity index (χ1v) is 9.94. The van der Waals surface area contributed by atoms with Gasteiger partial charge in [0.1, 0.15) is 11.6 Å². The van der Waals surface area contributed by atoms with E-state index in [4.69, 9.17) is 0 Å². The lowest BCUT2D eigenvalue weighted by molar-refractivity contribution is -0.176. The fourth-order valence-electron chi connectivity index (χ4n) is 6.87. The van der Waals surface area contributed by atoms with Gasteiger partial charge in [-0.25, -0.2) is 0 Å². The zero-order chi connectivity index (χ0) is 17.2. The molecule has 0 unspecified atom stereocenters. The van der Waals surface area contributed by atoms with Crippen LogP contribution in [0, 0.1) is 17.8 Å². The summed E-state index contributed by atoms with van der Waals surface area (Å²) >= 11 is 0. The van der Waals surface area contributed by atoms with Gasteiger partial charge in [-0.3, -0.25) is 14.5 Å². The standard InChI is InChI=1S/C22H27NO2/c1-15-11-19(24)18-13-21(16-7-3-2-4-8-16)12-17(15)22(18,14-20(21)25)23-9-5-6-10-23/h2-4,7-8,15,17-18H,5-6,9-14H2,1H3/t15-,17+,18-,21-,22-/m1/s1. The van der Waals surface area contributed by atoms with E-state index >= 15 is 0 Å². The van der Waals surface area contributed by atoms with Crippen LogP contribution in [0.4, 0.5) is 0 Å². The van der Waals surface area contributed by atoms with E-state index < -0.39 is 5.41 Å². The molecular weight excluding hydrogens is 310 g/mol. The van der Waals surface area contributed by atoms with Crippen molar-refractivity contribution in [1.29, 1.82) is 0 Å². The first-order valence-electron chi connectivity index (χ1n) is 9.94. The number of rotatable bonds is 2. The van der Waals surface area contributed by atoms with Gasteiger partial charge in [-0.1, -0.05) is 37.3 Å². The fraction of sp³-hybridized carbons (Fsp3) is 0.636.